The van der Waals surface area contributed by atoms with Crippen LogP contribution < -0.4 is 10.2 Å². The fourth-order valence-corrected chi connectivity index (χ4v) is 12.5. The quantitative estimate of drug-likeness (QED) is 0.0741. The average molecular weight is 1200 g/mol. The molecule has 6 rings (SSSR count). The summed E-state index contributed by atoms with van der Waals surface area (Å²) in [5.41, 5.74) is -2.24. The molecule has 5 heterocycles. The summed E-state index contributed by atoms with van der Waals surface area (Å²) in [7, 11) is 4.78. The molecule has 0 aliphatic carbocycles. The van der Waals surface area contributed by atoms with Crippen molar-refractivity contribution in [2.75, 3.05) is 65.7 Å². The van der Waals surface area contributed by atoms with Crippen LogP contribution in [0.5, 0.6) is 0 Å². The Morgan fingerprint density at radius 1 is 0.948 bits per heavy atom. The van der Waals surface area contributed by atoms with Crippen molar-refractivity contribution in [2.24, 2.45) is 29.6 Å². The molecule has 4 aliphatic rings. The van der Waals surface area contributed by atoms with Crippen molar-refractivity contribution >= 4 is 46.1 Å². The van der Waals surface area contributed by atoms with Crippen molar-refractivity contribution in [1.29, 1.82) is 5.41 Å². The predicted molar refractivity (Wildman–Crippen MR) is 293 cm³/mol. The Balaban J connectivity index is 1.20. The van der Waals surface area contributed by atoms with Crippen LogP contribution >= 0.6 is 22.6 Å². The first-order valence-electron chi connectivity index (χ1n) is 27.0. The zero-order valence-electron chi connectivity index (χ0n) is 46.8. The first-order chi connectivity index (χ1) is 36.2. The largest absolute Gasteiger partial charge is 0.448 e. The zero-order chi connectivity index (χ0) is 56.9. The number of methoxy groups -OCH3 is 2. The molecule has 1 aromatic heterocycles. The highest BCUT2D eigenvalue weighted by Crippen LogP contribution is 2.46. The van der Waals surface area contributed by atoms with Crippen molar-refractivity contribution in [3.05, 3.63) is 42.2 Å². The van der Waals surface area contributed by atoms with E-state index in [9.17, 15) is 44.9 Å². The van der Waals surface area contributed by atoms with Crippen LogP contribution in [-0.4, -0.2) is 201 Å². The molecule has 20 atom stereocenters. The molecule has 0 saturated carbocycles. The van der Waals surface area contributed by atoms with Crippen LogP contribution in [0.25, 0.3) is 11.1 Å². The monoisotopic (exact) mass is 1200 g/mol. The lowest BCUT2D eigenvalue weighted by Crippen LogP contribution is -2.62. The van der Waals surface area contributed by atoms with Crippen molar-refractivity contribution in [2.45, 2.75) is 176 Å². The molecule has 7 N–H and O–H groups in total. The fraction of sp³-hybridized carbons (Fsp3) is 0.764. The second-order valence-electron chi connectivity index (χ2n) is 22.7. The molecule has 0 spiro atoms. The zero-order valence-corrected chi connectivity index (χ0v) is 49.0. The number of esters is 1. The Labute approximate surface area is 467 Å². The van der Waals surface area contributed by atoms with Gasteiger partial charge in [-0.3, -0.25) is 9.59 Å². The fourth-order valence-electron chi connectivity index (χ4n) is 11.9. The smallest absolute Gasteiger partial charge is 0.310 e. The Hall–Kier alpha value is -3.11. The van der Waals surface area contributed by atoms with Crippen molar-refractivity contribution < 1.29 is 72.7 Å². The third-order valence-electron chi connectivity index (χ3n) is 17.1. The number of anilines is 1. The second kappa shape index (κ2) is 26.7. The number of alkyl halides is 2. The number of hydrogen-bond acceptors (Lipinski definition) is 19. The van der Waals surface area contributed by atoms with Crippen molar-refractivity contribution in [3.63, 3.8) is 0 Å². The van der Waals surface area contributed by atoms with Gasteiger partial charge in [0.15, 0.2) is 10.4 Å². The Kier molecular flexibility index (Phi) is 21.8. The number of likely N-dealkylation sites (N-methyl/N-ethyl adjacent to an activating group) is 1. The second-order valence-corrected chi connectivity index (χ2v) is 23.9. The van der Waals surface area contributed by atoms with E-state index in [1.165, 1.54) is 21.1 Å². The lowest BCUT2D eigenvalue weighted by molar-refractivity contribution is -0.304. The summed E-state index contributed by atoms with van der Waals surface area (Å²) in [6.07, 6.45) is -5.40. The molecule has 0 radical (unpaired) electrons. The minimum atomic E-state index is -1.96. The highest BCUT2D eigenvalue weighted by Gasteiger charge is 2.56. The number of amides is 1. The van der Waals surface area contributed by atoms with Crippen LogP contribution in [0.15, 0.2) is 36.7 Å². The number of aliphatic hydroxyl groups excluding tert-OH is 4. The number of hydrogen-bond donors (Lipinski definition) is 7. The number of aliphatic hydroxyl groups is 5. The summed E-state index contributed by atoms with van der Waals surface area (Å²) in [5, 5.41) is 70.1. The Morgan fingerprint density at radius 2 is 1.57 bits per heavy atom. The number of benzene rings is 1. The van der Waals surface area contributed by atoms with Gasteiger partial charge in [0.25, 0.3) is 0 Å². The predicted octanol–water partition coefficient (Wildman–Crippen LogP) is 4.39. The van der Waals surface area contributed by atoms with E-state index in [4.69, 9.17) is 33.2 Å². The lowest BCUT2D eigenvalue weighted by Gasteiger charge is -2.52. The number of nitrogens with zero attached hydrogens (tertiary/aromatic N) is 4. The number of morpholine rings is 1. The number of cyclic esters (lactones) is 1. The standard InChI is InChI=1S/C55H86FIN6O14/c1-29-24-54(8,72-12)48(31(3)42(40-25-53(7,71-11)47(68)34(6)75-40)32(4)49(69)77-51(57)55(9,70)46(67)33(5)43(29)58)76-50-45(66)39(23-30(2)74-50)62(10)18-17-41(64)61-38(26-56)44(65)36-15-13-35(14-16-36)37-27-59-52(60-28-37)63-19-21-73-22-20-63/h13-16,27-34,38-40,42,44-48,50-51,58,65-68,70H,17-26H2,1-12H3,(H,61,64)/t29-,30-,31+,32-,33+,34+,38-,39+,40-,42?,44-,45-,46-,47+,48-,50+,51+,53-,54-,55+/m1/s1. The molecule has 4 fully saturated rings. The van der Waals surface area contributed by atoms with E-state index in [0.29, 0.717) is 44.2 Å². The number of carbonyl (C=O) groups excluding carboxylic acids is 2. The summed E-state index contributed by atoms with van der Waals surface area (Å²) in [5.74, 6) is -4.44. The number of rotatable bonds is 15. The number of aromatic nitrogens is 2. The lowest BCUT2D eigenvalue weighted by atomic mass is 9.68. The molecule has 1 amide bonds. The van der Waals surface area contributed by atoms with Crippen LogP contribution in [0.4, 0.5) is 10.3 Å². The summed E-state index contributed by atoms with van der Waals surface area (Å²) < 4.78 is 57.2. The molecule has 0 bridgehead atoms. The minimum Gasteiger partial charge on any atom is -0.448 e. The molecule has 1 unspecified atom stereocenters. The van der Waals surface area contributed by atoms with E-state index in [1.54, 1.807) is 94.0 Å². The van der Waals surface area contributed by atoms with Gasteiger partial charge in [-0.05, 0) is 100 Å². The van der Waals surface area contributed by atoms with Crippen molar-refractivity contribution in [3.8, 4) is 11.1 Å². The summed E-state index contributed by atoms with van der Waals surface area (Å²) in [6.45, 7) is 17.4. The van der Waals surface area contributed by atoms with Gasteiger partial charge in [0, 0.05) is 88.2 Å². The van der Waals surface area contributed by atoms with Gasteiger partial charge in [0.1, 0.15) is 30.6 Å². The first-order valence-corrected chi connectivity index (χ1v) is 28.2. The van der Waals surface area contributed by atoms with Crippen LogP contribution in [0.3, 0.4) is 0 Å². The van der Waals surface area contributed by atoms with Crippen LogP contribution in [0.2, 0.25) is 0 Å². The number of carbonyl (C=O) groups is 2. The van der Waals surface area contributed by atoms with Crippen LogP contribution in [0, 0.1) is 35.0 Å². The van der Waals surface area contributed by atoms with E-state index < -0.39 is 136 Å². The van der Waals surface area contributed by atoms with E-state index in [-0.39, 0.29) is 31.5 Å². The maximum atomic E-state index is 14.6. The van der Waals surface area contributed by atoms with Gasteiger partial charge in [0.05, 0.1) is 66.9 Å². The highest BCUT2D eigenvalue weighted by atomic mass is 127. The summed E-state index contributed by atoms with van der Waals surface area (Å²) >= 11 is 1.80. The Bertz CT molecular complexity index is 2250. The third kappa shape index (κ3) is 14.3. The number of ether oxygens (including phenoxy) is 7. The number of halogens is 2. The third-order valence-corrected chi connectivity index (χ3v) is 18.6. The molecule has 2 aromatic rings. The molecule has 4 aliphatic heterocycles. The molecule has 77 heavy (non-hydrogen) atoms. The molecule has 434 valence electrons. The molecule has 1 aromatic carbocycles. The highest BCUT2D eigenvalue weighted by molar-refractivity contribution is 14.1. The first kappa shape index (κ1) is 63.1. The normalized spacial score (nSPS) is 38.9. The molecule has 22 heteroatoms. The van der Waals surface area contributed by atoms with Crippen molar-refractivity contribution in [1.82, 2.24) is 20.2 Å². The van der Waals surface area contributed by atoms with Crippen LogP contribution in [0.1, 0.15) is 99.7 Å². The van der Waals surface area contributed by atoms with E-state index in [0.717, 1.165) is 11.1 Å². The van der Waals surface area contributed by atoms with Gasteiger partial charge in [-0.2, -0.15) is 0 Å². The van der Waals surface area contributed by atoms with Gasteiger partial charge < -0.3 is 79.2 Å². The van der Waals surface area contributed by atoms with Gasteiger partial charge >= 0.3 is 5.97 Å². The van der Waals surface area contributed by atoms with Gasteiger partial charge in [0.2, 0.25) is 11.9 Å². The molecule has 4 saturated heterocycles. The maximum absolute atomic E-state index is 14.6. The molecule has 20 nitrogen and oxygen atoms in total. The minimum absolute atomic E-state index is 0.0977. The van der Waals surface area contributed by atoms with Gasteiger partial charge in [-0.15, -0.1) is 0 Å². The number of nitrogens with one attached hydrogen (secondary N) is 2. The van der Waals surface area contributed by atoms with E-state index >= 15 is 0 Å². The maximum Gasteiger partial charge on any atom is 0.310 e. The molecular formula is C55H86FIN6O14. The van der Waals surface area contributed by atoms with E-state index in [2.05, 4.69) is 20.2 Å². The summed E-state index contributed by atoms with van der Waals surface area (Å²) in [6, 6.07) is 5.07. The molecular weight excluding hydrogens is 1110 g/mol. The SMILES string of the molecule is CO[C@]1(C)C[C@@H](C)C(=N)[C@H](C)[C@@H](O)[C@](C)(O)[C@@H](I)OC(=O)[C@H](C)C([C@H]2C[C@@](C)(OC)[C@@H](O)[C@H](C)O2)[C@H](C)[C@H]1O[C@@H]1O[C@H](C)C[C@H](N(C)CCC(=O)N[C@H](CF)[C@H](O)c2ccc(-c3cnc(N4CCOCC4)nc3)cc2)[C@H]1O. The topological polar surface area (TPSA) is 268 Å². The van der Waals surface area contributed by atoms with E-state index in [1.807, 2.05) is 32.6 Å². The summed E-state index contributed by atoms with van der Waals surface area (Å²) in [4.78, 5) is 40.9. The van der Waals surface area contributed by atoms with Gasteiger partial charge in [-0.1, -0.05) is 52.0 Å². The average Bonchev–Trinajstić information content (AvgIpc) is 3.43. The Morgan fingerprint density at radius 3 is 2.17 bits per heavy atom. The van der Waals surface area contributed by atoms with Crippen LogP contribution in [-0.2, 0) is 42.7 Å². The van der Waals surface area contributed by atoms with Gasteiger partial charge in [-0.25, -0.2) is 14.4 Å².